The van der Waals surface area contributed by atoms with Gasteiger partial charge in [0.1, 0.15) is 0 Å². The van der Waals surface area contributed by atoms with Crippen LogP contribution in [0.2, 0.25) is 0 Å². The molecule has 136 valence electrons. The molecule has 1 fully saturated rings. The Labute approximate surface area is 152 Å². The number of hydrogen-bond donors (Lipinski definition) is 2. The Morgan fingerprint density at radius 2 is 1.92 bits per heavy atom. The van der Waals surface area contributed by atoms with E-state index >= 15 is 0 Å². The van der Waals surface area contributed by atoms with Gasteiger partial charge in [0.15, 0.2) is 0 Å². The highest BCUT2D eigenvalue weighted by Crippen LogP contribution is 2.31. The van der Waals surface area contributed by atoms with Gasteiger partial charge in [0.25, 0.3) is 0 Å². The summed E-state index contributed by atoms with van der Waals surface area (Å²) in [6, 6.07) is 10.5. The molecule has 5 heteroatoms. The van der Waals surface area contributed by atoms with E-state index in [9.17, 15) is 4.79 Å². The van der Waals surface area contributed by atoms with E-state index in [-0.39, 0.29) is 24.4 Å². The number of hydrogen-bond acceptors (Lipinski definition) is 3. The third-order valence-electron chi connectivity index (χ3n) is 4.60. The van der Waals surface area contributed by atoms with Gasteiger partial charge in [-0.2, -0.15) is 0 Å². The summed E-state index contributed by atoms with van der Waals surface area (Å²) in [4.78, 5) is 12.2. The van der Waals surface area contributed by atoms with Crippen LogP contribution < -0.4 is 10.6 Å². The molecule has 0 spiro atoms. The van der Waals surface area contributed by atoms with Crippen LogP contribution in [-0.2, 0) is 9.53 Å². The summed E-state index contributed by atoms with van der Waals surface area (Å²) >= 11 is 0. The van der Waals surface area contributed by atoms with Crippen LogP contribution in [-0.4, -0.2) is 32.7 Å². The van der Waals surface area contributed by atoms with E-state index in [1.54, 1.807) is 7.11 Å². The first-order valence-corrected chi connectivity index (χ1v) is 8.83. The maximum Gasteiger partial charge on any atom is 0.234 e. The molecule has 1 aliphatic rings. The van der Waals surface area contributed by atoms with Crippen molar-refractivity contribution >= 4 is 18.3 Å². The van der Waals surface area contributed by atoms with E-state index in [4.69, 9.17) is 4.74 Å². The van der Waals surface area contributed by atoms with Crippen LogP contribution in [0.25, 0.3) is 0 Å². The molecule has 0 heterocycles. The fraction of sp³-hybridized carbons (Fsp3) is 0.632. The minimum absolute atomic E-state index is 0. The molecule has 1 aromatic rings. The van der Waals surface area contributed by atoms with Crippen molar-refractivity contribution in [1.82, 2.24) is 10.6 Å². The molecule has 24 heavy (non-hydrogen) atoms. The van der Waals surface area contributed by atoms with E-state index in [1.165, 1.54) is 37.7 Å². The lowest BCUT2D eigenvalue weighted by Gasteiger charge is -2.27. The van der Waals surface area contributed by atoms with Crippen LogP contribution in [0.3, 0.4) is 0 Å². The Morgan fingerprint density at radius 1 is 1.21 bits per heavy atom. The third kappa shape index (κ3) is 7.65. The maximum absolute atomic E-state index is 12.2. The minimum atomic E-state index is 0. The largest absolute Gasteiger partial charge is 0.383 e. The van der Waals surface area contributed by atoms with Crippen molar-refractivity contribution in [1.29, 1.82) is 0 Å². The van der Waals surface area contributed by atoms with E-state index in [2.05, 4.69) is 22.8 Å². The standard InChI is InChI=1S/C19H30N2O2.ClH/c1-23-13-12-20-15-19(22)21-18(17-10-6-3-7-11-17)14-16-8-4-2-5-9-16;/h3,6-7,10-11,16,18,20H,2,4-5,8-9,12-15H2,1H3,(H,21,22);1H. The molecule has 2 rings (SSSR count). The Hall–Kier alpha value is -1.10. The van der Waals surface area contributed by atoms with Crippen molar-refractivity contribution in [2.75, 3.05) is 26.8 Å². The van der Waals surface area contributed by atoms with Crippen molar-refractivity contribution in [2.45, 2.75) is 44.6 Å². The van der Waals surface area contributed by atoms with E-state index in [1.807, 2.05) is 18.2 Å². The highest BCUT2D eigenvalue weighted by atomic mass is 35.5. The number of carbonyl (C=O) groups excluding carboxylic acids is 1. The van der Waals surface area contributed by atoms with Gasteiger partial charge < -0.3 is 15.4 Å². The van der Waals surface area contributed by atoms with Gasteiger partial charge in [0.05, 0.1) is 19.2 Å². The van der Waals surface area contributed by atoms with Gasteiger partial charge in [-0.3, -0.25) is 4.79 Å². The number of nitrogens with one attached hydrogen (secondary N) is 2. The molecule has 1 saturated carbocycles. The van der Waals surface area contributed by atoms with Crippen molar-refractivity contribution < 1.29 is 9.53 Å². The summed E-state index contributed by atoms with van der Waals surface area (Å²) in [7, 11) is 1.66. The van der Waals surface area contributed by atoms with Gasteiger partial charge >= 0.3 is 0 Å². The monoisotopic (exact) mass is 354 g/mol. The number of amides is 1. The number of methoxy groups -OCH3 is 1. The Kier molecular flexibility index (Phi) is 10.7. The number of rotatable bonds is 9. The van der Waals surface area contributed by atoms with Crippen LogP contribution in [0.1, 0.15) is 50.1 Å². The summed E-state index contributed by atoms with van der Waals surface area (Å²) in [6.07, 6.45) is 7.67. The molecule has 1 aromatic carbocycles. The Morgan fingerprint density at radius 3 is 2.58 bits per heavy atom. The zero-order valence-corrected chi connectivity index (χ0v) is 15.4. The summed E-state index contributed by atoms with van der Waals surface area (Å²) in [6.45, 7) is 1.66. The van der Waals surface area contributed by atoms with Crippen LogP contribution >= 0.6 is 12.4 Å². The molecule has 1 atom stereocenters. The quantitative estimate of drug-likeness (QED) is 0.667. The second-order valence-electron chi connectivity index (χ2n) is 6.44. The topological polar surface area (TPSA) is 50.4 Å². The van der Waals surface area contributed by atoms with Crippen molar-refractivity contribution in [3.8, 4) is 0 Å². The normalized spacial score (nSPS) is 16.2. The molecule has 0 aromatic heterocycles. The molecule has 1 amide bonds. The number of benzene rings is 1. The van der Waals surface area contributed by atoms with Crippen LogP contribution in [0.15, 0.2) is 30.3 Å². The molecule has 1 aliphatic carbocycles. The van der Waals surface area contributed by atoms with Gasteiger partial charge in [-0.25, -0.2) is 0 Å². The molecule has 0 saturated heterocycles. The molecule has 0 radical (unpaired) electrons. The van der Waals surface area contributed by atoms with Crippen molar-refractivity contribution in [3.63, 3.8) is 0 Å². The first-order valence-electron chi connectivity index (χ1n) is 8.83. The zero-order valence-electron chi connectivity index (χ0n) is 14.6. The fourth-order valence-corrected chi connectivity index (χ4v) is 3.34. The molecule has 2 N–H and O–H groups in total. The Balaban J connectivity index is 0.00000288. The van der Waals surface area contributed by atoms with E-state index in [0.29, 0.717) is 19.7 Å². The SMILES string of the molecule is COCCNCC(=O)NC(CC1CCCCC1)c1ccccc1.Cl. The smallest absolute Gasteiger partial charge is 0.234 e. The number of ether oxygens (including phenoxy) is 1. The average molecular weight is 355 g/mol. The molecular weight excluding hydrogens is 324 g/mol. The predicted octanol–water partition coefficient (Wildman–Crippen LogP) is 3.47. The lowest BCUT2D eigenvalue weighted by atomic mass is 9.83. The second-order valence-corrected chi connectivity index (χ2v) is 6.44. The molecule has 0 bridgehead atoms. The molecule has 1 unspecified atom stereocenters. The second kappa shape index (κ2) is 12.3. The van der Waals surface area contributed by atoms with Crippen molar-refractivity contribution in [2.24, 2.45) is 5.92 Å². The van der Waals surface area contributed by atoms with Gasteiger partial charge in [-0.1, -0.05) is 62.4 Å². The van der Waals surface area contributed by atoms with Crippen molar-refractivity contribution in [3.05, 3.63) is 35.9 Å². The highest BCUT2D eigenvalue weighted by molar-refractivity contribution is 5.85. The average Bonchev–Trinajstić information content (AvgIpc) is 2.60. The number of carbonyl (C=O) groups is 1. The van der Waals surface area contributed by atoms with E-state index in [0.717, 1.165) is 12.3 Å². The summed E-state index contributed by atoms with van der Waals surface area (Å²) in [5.41, 5.74) is 1.21. The lowest BCUT2D eigenvalue weighted by molar-refractivity contribution is -0.121. The van der Waals surface area contributed by atoms with Gasteiger partial charge in [-0.15, -0.1) is 12.4 Å². The first-order chi connectivity index (χ1) is 11.3. The van der Waals surface area contributed by atoms with E-state index < -0.39 is 0 Å². The van der Waals surface area contributed by atoms with Gasteiger partial charge in [0, 0.05) is 13.7 Å². The van der Waals surface area contributed by atoms with Gasteiger partial charge in [0.2, 0.25) is 5.91 Å². The first kappa shape index (κ1) is 20.9. The van der Waals surface area contributed by atoms with Crippen LogP contribution in [0, 0.1) is 5.92 Å². The lowest BCUT2D eigenvalue weighted by Crippen LogP contribution is -2.38. The molecule has 0 aliphatic heterocycles. The van der Waals surface area contributed by atoms with Crippen LogP contribution in [0.5, 0.6) is 0 Å². The number of halogens is 1. The van der Waals surface area contributed by atoms with Gasteiger partial charge in [-0.05, 0) is 17.9 Å². The summed E-state index contributed by atoms with van der Waals surface area (Å²) in [5.74, 6) is 0.793. The predicted molar refractivity (Wildman–Crippen MR) is 101 cm³/mol. The zero-order chi connectivity index (χ0) is 16.3. The van der Waals surface area contributed by atoms with Crippen LogP contribution in [0.4, 0.5) is 0 Å². The Bertz CT molecular complexity index is 450. The maximum atomic E-state index is 12.2. The molecular formula is C19H31ClN2O2. The third-order valence-corrected chi connectivity index (χ3v) is 4.60. The summed E-state index contributed by atoms with van der Waals surface area (Å²) in [5, 5.41) is 6.32. The highest BCUT2D eigenvalue weighted by Gasteiger charge is 2.21. The fourth-order valence-electron chi connectivity index (χ4n) is 3.34. The summed E-state index contributed by atoms with van der Waals surface area (Å²) < 4.78 is 4.98. The minimum Gasteiger partial charge on any atom is -0.383 e. The molecule has 4 nitrogen and oxygen atoms in total.